The predicted octanol–water partition coefficient (Wildman–Crippen LogP) is 6.62. The fourth-order valence-corrected chi connectivity index (χ4v) is 3.65. The SMILES string of the molecule is CC(C)(C)/C=C1/CC=C2CC=Cc3ccc(C(C)(C)C)c1c32. The number of hydrogen-bond donors (Lipinski definition) is 0. The van der Waals surface area contributed by atoms with E-state index in [-0.39, 0.29) is 10.8 Å². The molecule has 0 amide bonds. The lowest BCUT2D eigenvalue weighted by Gasteiger charge is -2.33. The van der Waals surface area contributed by atoms with Gasteiger partial charge in [0.1, 0.15) is 0 Å². The van der Waals surface area contributed by atoms with Crippen LogP contribution in [0.15, 0.2) is 30.4 Å². The standard InChI is InChI=1S/C22H28/c1-21(2,3)14-17-11-10-15-8-7-9-16-12-13-18(22(4,5)6)20(17)19(15)16/h7,9-10,12-14H,8,11H2,1-6H3/b17-14-. The molecule has 116 valence electrons. The van der Waals surface area contributed by atoms with Crippen molar-refractivity contribution < 1.29 is 0 Å². The van der Waals surface area contributed by atoms with Gasteiger partial charge in [0.05, 0.1) is 0 Å². The monoisotopic (exact) mass is 292 g/mol. The maximum atomic E-state index is 2.48. The van der Waals surface area contributed by atoms with Crippen molar-refractivity contribution in [3.63, 3.8) is 0 Å². The number of benzene rings is 1. The second kappa shape index (κ2) is 4.98. The molecule has 0 saturated carbocycles. The molecule has 1 aromatic rings. The molecule has 0 radical (unpaired) electrons. The van der Waals surface area contributed by atoms with E-state index in [0.29, 0.717) is 0 Å². The number of hydrogen-bond acceptors (Lipinski definition) is 0. The summed E-state index contributed by atoms with van der Waals surface area (Å²) in [4.78, 5) is 0. The largest absolute Gasteiger partial charge is 0.0795 e. The Bertz CT molecular complexity index is 695. The molecule has 0 aliphatic heterocycles. The average molecular weight is 292 g/mol. The molecule has 0 fully saturated rings. The van der Waals surface area contributed by atoms with Crippen LogP contribution in [0.3, 0.4) is 0 Å². The highest BCUT2D eigenvalue weighted by Crippen LogP contribution is 2.46. The van der Waals surface area contributed by atoms with E-state index in [9.17, 15) is 0 Å². The Morgan fingerprint density at radius 1 is 0.909 bits per heavy atom. The highest BCUT2D eigenvalue weighted by atomic mass is 14.3. The van der Waals surface area contributed by atoms with Crippen LogP contribution in [0.25, 0.3) is 17.2 Å². The third-order valence-corrected chi connectivity index (χ3v) is 4.50. The quantitative estimate of drug-likeness (QED) is 0.504. The zero-order valence-corrected chi connectivity index (χ0v) is 14.9. The lowest BCUT2D eigenvalue weighted by molar-refractivity contribution is 0.544. The molecular formula is C22H28. The maximum absolute atomic E-state index is 2.48. The van der Waals surface area contributed by atoms with Crippen molar-refractivity contribution in [2.75, 3.05) is 0 Å². The van der Waals surface area contributed by atoms with Gasteiger partial charge in [-0.15, -0.1) is 0 Å². The molecule has 0 nitrogen and oxygen atoms in total. The van der Waals surface area contributed by atoms with Crippen molar-refractivity contribution in [1.29, 1.82) is 0 Å². The second-order valence-corrected chi connectivity index (χ2v) is 8.78. The molecule has 0 saturated heterocycles. The van der Waals surface area contributed by atoms with Crippen LogP contribution < -0.4 is 0 Å². The van der Waals surface area contributed by atoms with Crippen LogP contribution in [0, 0.1) is 5.41 Å². The van der Waals surface area contributed by atoms with Gasteiger partial charge < -0.3 is 0 Å². The average Bonchev–Trinajstić information content (AvgIpc) is 2.39. The van der Waals surface area contributed by atoms with Crippen LogP contribution in [0.5, 0.6) is 0 Å². The van der Waals surface area contributed by atoms with Crippen LogP contribution in [-0.2, 0) is 5.41 Å². The molecule has 22 heavy (non-hydrogen) atoms. The molecule has 1 aromatic carbocycles. The van der Waals surface area contributed by atoms with Gasteiger partial charge in [-0.25, -0.2) is 0 Å². The van der Waals surface area contributed by atoms with Crippen LogP contribution in [0.2, 0.25) is 0 Å². The van der Waals surface area contributed by atoms with Crippen LogP contribution in [0.1, 0.15) is 76.6 Å². The Morgan fingerprint density at radius 2 is 1.64 bits per heavy atom. The molecule has 0 aromatic heterocycles. The van der Waals surface area contributed by atoms with Crippen molar-refractivity contribution in [1.82, 2.24) is 0 Å². The topological polar surface area (TPSA) is 0 Å². The van der Waals surface area contributed by atoms with Crippen LogP contribution >= 0.6 is 0 Å². The summed E-state index contributed by atoms with van der Waals surface area (Å²) in [7, 11) is 0. The Balaban J connectivity index is 2.33. The molecule has 2 aliphatic carbocycles. The highest BCUT2D eigenvalue weighted by Gasteiger charge is 2.28. The smallest absolute Gasteiger partial charge is 0.00736 e. The molecular weight excluding hydrogens is 264 g/mol. The van der Waals surface area contributed by atoms with Crippen molar-refractivity contribution >= 4 is 17.2 Å². The lowest BCUT2D eigenvalue weighted by atomic mass is 9.72. The minimum absolute atomic E-state index is 0.172. The molecule has 0 spiro atoms. The minimum Gasteiger partial charge on any atom is -0.0795 e. The molecule has 0 bridgehead atoms. The summed E-state index contributed by atoms with van der Waals surface area (Å²) in [6, 6.07) is 4.66. The molecule has 2 aliphatic rings. The first kappa shape index (κ1) is 15.3. The van der Waals surface area contributed by atoms with Gasteiger partial charge >= 0.3 is 0 Å². The van der Waals surface area contributed by atoms with Gasteiger partial charge in [0.2, 0.25) is 0 Å². The first-order chi connectivity index (χ1) is 10.2. The third-order valence-electron chi connectivity index (χ3n) is 4.50. The van der Waals surface area contributed by atoms with E-state index in [2.05, 4.69) is 78.0 Å². The molecule has 3 rings (SSSR count). The van der Waals surface area contributed by atoms with Crippen molar-refractivity contribution in [3.05, 3.63) is 52.6 Å². The zero-order valence-electron chi connectivity index (χ0n) is 14.9. The summed E-state index contributed by atoms with van der Waals surface area (Å²) in [6.07, 6.45) is 11.7. The van der Waals surface area contributed by atoms with Gasteiger partial charge in [-0.05, 0) is 57.1 Å². The summed E-state index contributed by atoms with van der Waals surface area (Å²) in [6.45, 7) is 13.9. The molecule has 0 N–H and O–H groups in total. The third kappa shape index (κ3) is 2.72. The molecule has 0 unspecified atom stereocenters. The normalized spacial score (nSPS) is 19.2. The second-order valence-electron chi connectivity index (χ2n) is 8.78. The van der Waals surface area contributed by atoms with E-state index in [4.69, 9.17) is 0 Å². The Labute approximate surface area is 135 Å². The fourth-order valence-electron chi connectivity index (χ4n) is 3.65. The summed E-state index contributed by atoms with van der Waals surface area (Å²) >= 11 is 0. The van der Waals surface area contributed by atoms with Crippen LogP contribution in [-0.4, -0.2) is 0 Å². The molecule has 0 atom stereocenters. The van der Waals surface area contributed by atoms with Gasteiger partial charge in [0.25, 0.3) is 0 Å². The Hall–Kier alpha value is -1.56. The molecule has 0 heterocycles. The summed E-state index contributed by atoms with van der Waals surface area (Å²) in [5.74, 6) is 0. The first-order valence-electron chi connectivity index (χ1n) is 8.42. The highest BCUT2D eigenvalue weighted by molar-refractivity contribution is 5.93. The maximum Gasteiger partial charge on any atom is -0.00736 e. The lowest BCUT2D eigenvalue weighted by Crippen LogP contribution is -2.18. The minimum atomic E-state index is 0.172. The predicted molar refractivity (Wildman–Crippen MR) is 98.8 cm³/mol. The first-order valence-corrected chi connectivity index (χ1v) is 8.42. The number of rotatable bonds is 0. The molecule has 0 heteroatoms. The van der Waals surface area contributed by atoms with E-state index in [1.165, 1.54) is 33.4 Å². The number of allylic oxidation sites excluding steroid dienone is 5. The summed E-state index contributed by atoms with van der Waals surface area (Å²) < 4.78 is 0. The van der Waals surface area contributed by atoms with Crippen molar-refractivity contribution in [2.24, 2.45) is 5.41 Å². The summed E-state index contributed by atoms with van der Waals surface area (Å²) in [5.41, 5.74) is 9.30. The Morgan fingerprint density at radius 3 is 2.27 bits per heavy atom. The summed E-state index contributed by atoms with van der Waals surface area (Å²) in [5, 5.41) is 0. The van der Waals surface area contributed by atoms with Crippen molar-refractivity contribution in [3.8, 4) is 0 Å². The zero-order chi connectivity index (χ0) is 16.1. The van der Waals surface area contributed by atoms with Gasteiger partial charge in [0.15, 0.2) is 0 Å². The van der Waals surface area contributed by atoms with Crippen molar-refractivity contribution in [2.45, 2.75) is 59.8 Å². The van der Waals surface area contributed by atoms with E-state index < -0.39 is 0 Å². The van der Waals surface area contributed by atoms with Gasteiger partial charge in [0, 0.05) is 0 Å². The van der Waals surface area contributed by atoms with E-state index >= 15 is 0 Å². The van der Waals surface area contributed by atoms with Gasteiger partial charge in [-0.1, -0.05) is 78.0 Å². The Kier molecular flexibility index (Phi) is 3.47. The van der Waals surface area contributed by atoms with E-state index in [1.54, 1.807) is 0 Å². The van der Waals surface area contributed by atoms with E-state index in [1.807, 2.05) is 0 Å². The van der Waals surface area contributed by atoms with Crippen LogP contribution in [0.4, 0.5) is 0 Å². The van der Waals surface area contributed by atoms with Gasteiger partial charge in [-0.3, -0.25) is 0 Å². The van der Waals surface area contributed by atoms with E-state index in [0.717, 1.165) is 12.8 Å². The fraction of sp³-hybridized carbons (Fsp3) is 0.455. The van der Waals surface area contributed by atoms with Gasteiger partial charge in [-0.2, -0.15) is 0 Å².